The highest BCUT2D eigenvalue weighted by atomic mass is 32.1. The van der Waals surface area contributed by atoms with Crippen LogP contribution in [0.5, 0.6) is 0 Å². The molecule has 0 atom stereocenters. The van der Waals surface area contributed by atoms with Gasteiger partial charge < -0.3 is 0 Å². The number of carbonyl (C=O) groups excluding carboxylic acids is 1. The van der Waals surface area contributed by atoms with Crippen LogP contribution in [0.15, 0.2) is 36.7 Å². The molecule has 0 aliphatic carbocycles. The standard InChI is InChI=1S/C19H17N5OS2/c1-11-7-12(2)16-15(8-11)21-19(26-16)24(10-14-5-4-6-20-9-14)18(25)17-13(3)22-23-27-17/h4-9H,10H2,1-3H3. The monoisotopic (exact) mass is 395 g/mol. The Bertz CT molecular complexity index is 1120. The maximum atomic E-state index is 13.3. The average molecular weight is 396 g/mol. The zero-order chi connectivity index (χ0) is 19.0. The van der Waals surface area contributed by atoms with Crippen molar-refractivity contribution >= 4 is 44.1 Å². The van der Waals surface area contributed by atoms with Crippen LogP contribution in [0.2, 0.25) is 0 Å². The van der Waals surface area contributed by atoms with E-state index in [1.165, 1.54) is 11.3 Å². The van der Waals surface area contributed by atoms with E-state index in [-0.39, 0.29) is 5.91 Å². The van der Waals surface area contributed by atoms with Gasteiger partial charge in [0.1, 0.15) is 4.88 Å². The molecule has 1 amide bonds. The van der Waals surface area contributed by atoms with Crippen molar-refractivity contribution in [2.75, 3.05) is 4.90 Å². The van der Waals surface area contributed by atoms with Gasteiger partial charge in [-0.3, -0.25) is 14.7 Å². The normalized spacial score (nSPS) is 11.1. The van der Waals surface area contributed by atoms with Gasteiger partial charge in [-0.25, -0.2) is 4.98 Å². The summed E-state index contributed by atoms with van der Waals surface area (Å²) in [5.74, 6) is -0.139. The van der Waals surface area contributed by atoms with Crippen molar-refractivity contribution in [1.29, 1.82) is 0 Å². The first-order chi connectivity index (χ1) is 13.0. The molecule has 0 bridgehead atoms. The Morgan fingerprint density at radius 2 is 2.07 bits per heavy atom. The van der Waals surface area contributed by atoms with Gasteiger partial charge in [-0.2, -0.15) is 0 Å². The van der Waals surface area contributed by atoms with Crippen LogP contribution in [-0.2, 0) is 6.54 Å². The van der Waals surface area contributed by atoms with Crippen molar-refractivity contribution in [3.8, 4) is 0 Å². The number of anilines is 1. The predicted octanol–water partition coefficient (Wildman–Crippen LogP) is 4.32. The molecule has 3 heterocycles. The Kier molecular flexibility index (Phi) is 4.67. The van der Waals surface area contributed by atoms with E-state index >= 15 is 0 Å². The summed E-state index contributed by atoms with van der Waals surface area (Å²) in [6, 6.07) is 8.00. The maximum absolute atomic E-state index is 13.3. The fourth-order valence-corrected chi connectivity index (χ4v) is 4.55. The molecule has 0 saturated carbocycles. The third-order valence-corrected chi connectivity index (χ3v) is 6.24. The molecule has 0 saturated heterocycles. The van der Waals surface area contributed by atoms with Crippen LogP contribution >= 0.6 is 22.9 Å². The molecule has 27 heavy (non-hydrogen) atoms. The zero-order valence-corrected chi connectivity index (χ0v) is 16.8. The minimum absolute atomic E-state index is 0.139. The van der Waals surface area contributed by atoms with E-state index < -0.39 is 0 Å². The lowest BCUT2D eigenvalue weighted by atomic mass is 10.1. The second-order valence-electron chi connectivity index (χ2n) is 6.37. The second kappa shape index (κ2) is 7.13. The molecule has 136 valence electrons. The highest BCUT2D eigenvalue weighted by Gasteiger charge is 2.25. The van der Waals surface area contributed by atoms with E-state index in [2.05, 4.69) is 40.6 Å². The van der Waals surface area contributed by atoms with Gasteiger partial charge in [0.2, 0.25) is 0 Å². The Labute approximate surface area is 164 Å². The van der Waals surface area contributed by atoms with E-state index in [0.717, 1.165) is 38.4 Å². The fraction of sp³-hybridized carbons (Fsp3) is 0.211. The molecule has 0 aliphatic heterocycles. The largest absolute Gasteiger partial charge is 0.279 e. The van der Waals surface area contributed by atoms with Crippen LogP contribution in [0, 0.1) is 20.8 Å². The number of carbonyl (C=O) groups is 1. The smallest absolute Gasteiger partial charge is 0.274 e. The molecular formula is C19H17N5OS2. The molecule has 8 heteroatoms. The van der Waals surface area contributed by atoms with E-state index in [1.54, 1.807) is 24.2 Å². The van der Waals surface area contributed by atoms with Crippen molar-refractivity contribution < 1.29 is 4.79 Å². The van der Waals surface area contributed by atoms with Gasteiger partial charge in [0.15, 0.2) is 5.13 Å². The average Bonchev–Trinajstić information content (AvgIpc) is 3.26. The number of rotatable bonds is 4. The van der Waals surface area contributed by atoms with Crippen LogP contribution in [-0.4, -0.2) is 25.5 Å². The molecule has 0 spiro atoms. The minimum Gasteiger partial charge on any atom is -0.279 e. The number of benzene rings is 1. The van der Waals surface area contributed by atoms with Crippen LogP contribution in [0.25, 0.3) is 10.2 Å². The number of nitrogens with zero attached hydrogens (tertiary/aromatic N) is 5. The summed E-state index contributed by atoms with van der Waals surface area (Å²) in [6.45, 7) is 6.31. The van der Waals surface area contributed by atoms with Crippen molar-refractivity contribution in [2.24, 2.45) is 0 Å². The SMILES string of the molecule is Cc1cc(C)c2sc(N(Cc3cccnc3)C(=O)c3snnc3C)nc2c1. The lowest BCUT2D eigenvalue weighted by molar-refractivity contribution is 0.0988. The lowest BCUT2D eigenvalue weighted by Crippen LogP contribution is -2.30. The number of aromatic nitrogens is 4. The minimum atomic E-state index is -0.139. The van der Waals surface area contributed by atoms with E-state index in [1.807, 2.05) is 12.1 Å². The predicted molar refractivity (Wildman–Crippen MR) is 108 cm³/mol. The molecule has 6 nitrogen and oxygen atoms in total. The van der Waals surface area contributed by atoms with Gasteiger partial charge in [0, 0.05) is 12.4 Å². The highest BCUT2D eigenvalue weighted by Crippen LogP contribution is 2.34. The molecular weight excluding hydrogens is 378 g/mol. The number of pyridine rings is 1. The number of hydrogen-bond donors (Lipinski definition) is 0. The number of fused-ring (bicyclic) bond motifs is 1. The molecule has 1 aromatic carbocycles. The molecule has 4 rings (SSSR count). The van der Waals surface area contributed by atoms with Crippen molar-refractivity contribution in [3.05, 3.63) is 63.9 Å². The Balaban J connectivity index is 1.81. The van der Waals surface area contributed by atoms with Crippen molar-refractivity contribution in [3.63, 3.8) is 0 Å². The fourth-order valence-electron chi connectivity index (χ4n) is 2.93. The molecule has 0 radical (unpaired) electrons. The van der Waals surface area contributed by atoms with Gasteiger partial charge >= 0.3 is 0 Å². The first-order valence-corrected chi connectivity index (χ1v) is 9.99. The summed E-state index contributed by atoms with van der Waals surface area (Å²) in [5.41, 5.74) is 4.81. The first kappa shape index (κ1) is 17.7. The summed E-state index contributed by atoms with van der Waals surface area (Å²) in [5, 5.41) is 4.65. The first-order valence-electron chi connectivity index (χ1n) is 8.40. The van der Waals surface area contributed by atoms with E-state index in [9.17, 15) is 4.79 Å². The quantitative estimate of drug-likeness (QED) is 0.515. The summed E-state index contributed by atoms with van der Waals surface area (Å²) in [7, 11) is 0. The number of amides is 1. The second-order valence-corrected chi connectivity index (χ2v) is 8.10. The molecule has 0 aliphatic rings. The highest BCUT2D eigenvalue weighted by molar-refractivity contribution is 7.22. The number of aryl methyl sites for hydroxylation is 3. The molecule has 0 unspecified atom stereocenters. The molecule has 3 aromatic heterocycles. The van der Waals surface area contributed by atoms with E-state index in [0.29, 0.717) is 22.2 Å². The molecule has 0 N–H and O–H groups in total. The molecule has 0 fully saturated rings. The lowest BCUT2D eigenvalue weighted by Gasteiger charge is -2.19. The number of thiazole rings is 1. The third-order valence-electron chi connectivity index (χ3n) is 4.19. The topological polar surface area (TPSA) is 71.9 Å². The molecule has 4 aromatic rings. The van der Waals surface area contributed by atoms with Gasteiger partial charge in [-0.1, -0.05) is 28.0 Å². The zero-order valence-electron chi connectivity index (χ0n) is 15.1. The Morgan fingerprint density at radius 3 is 2.78 bits per heavy atom. The maximum Gasteiger partial charge on any atom is 0.274 e. The van der Waals surface area contributed by atoms with Gasteiger partial charge in [-0.15, -0.1) is 5.10 Å². The van der Waals surface area contributed by atoms with Crippen molar-refractivity contribution in [2.45, 2.75) is 27.3 Å². The van der Waals surface area contributed by atoms with Gasteiger partial charge in [0.05, 0.1) is 22.5 Å². The van der Waals surface area contributed by atoms with Crippen LogP contribution < -0.4 is 4.90 Å². The van der Waals surface area contributed by atoms with E-state index in [4.69, 9.17) is 4.98 Å². The number of hydrogen-bond acceptors (Lipinski definition) is 7. The van der Waals surface area contributed by atoms with Gasteiger partial charge in [-0.05, 0) is 61.1 Å². The van der Waals surface area contributed by atoms with Crippen molar-refractivity contribution in [1.82, 2.24) is 19.6 Å². The summed E-state index contributed by atoms with van der Waals surface area (Å²) in [6.07, 6.45) is 3.48. The van der Waals surface area contributed by atoms with Gasteiger partial charge in [0.25, 0.3) is 5.91 Å². The van der Waals surface area contributed by atoms with Crippen LogP contribution in [0.1, 0.15) is 32.1 Å². The Hall–Kier alpha value is -2.71. The Morgan fingerprint density at radius 1 is 1.22 bits per heavy atom. The summed E-state index contributed by atoms with van der Waals surface area (Å²) in [4.78, 5) is 24.4. The van der Waals surface area contributed by atoms with Crippen LogP contribution in [0.4, 0.5) is 5.13 Å². The summed E-state index contributed by atoms with van der Waals surface area (Å²) < 4.78 is 5.01. The summed E-state index contributed by atoms with van der Waals surface area (Å²) >= 11 is 2.64. The van der Waals surface area contributed by atoms with Crippen LogP contribution in [0.3, 0.4) is 0 Å². The third kappa shape index (κ3) is 3.45.